The molecule has 0 aliphatic carbocycles. The van der Waals surface area contributed by atoms with Crippen LogP contribution in [0.5, 0.6) is 0 Å². The van der Waals surface area contributed by atoms with E-state index < -0.39 is 0 Å². The topological polar surface area (TPSA) is 25.8 Å². The largest absolute Gasteiger partial charge is 0.172 e. The van der Waals surface area contributed by atoms with Crippen molar-refractivity contribution in [3.05, 3.63) is 91.5 Å². The zero-order chi connectivity index (χ0) is 34.0. The Balaban J connectivity index is 1.22. The molecule has 0 saturated heterocycles. The van der Waals surface area contributed by atoms with Crippen LogP contribution in [0.4, 0.5) is 0 Å². The predicted octanol–water partition coefficient (Wildman–Crippen LogP) is 15.8. The van der Waals surface area contributed by atoms with Crippen LogP contribution in [0, 0.1) is 0 Å². The fourth-order valence-corrected chi connectivity index (χ4v) is 10.6. The quantitative estimate of drug-likeness (QED) is 0.0806. The van der Waals surface area contributed by atoms with Gasteiger partial charge in [0.2, 0.25) is 0 Å². The molecular formula is C42H46Br2N2S3. The first kappa shape index (κ1) is 36.6. The Morgan fingerprint density at radius 3 is 1.27 bits per heavy atom. The lowest BCUT2D eigenvalue weighted by Gasteiger charge is -2.10. The molecule has 6 rings (SSSR count). The van der Waals surface area contributed by atoms with Crippen LogP contribution in [0.2, 0.25) is 0 Å². The van der Waals surface area contributed by atoms with Gasteiger partial charge in [0.25, 0.3) is 0 Å². The van der Waals surface area contributed by atoms with Crippen LogP contribution in [0.3, 0.4) is 0 Å². The molecule has 0 amide bonds. The number of halogens is 2. The molecule has 256 valence electrons. The zero-order valence-electron chi connectivity index (χ0n) is 28.7. The minimum atomic E-state index is 0.975. The summed E-state index contributed by atoms with van der Waals surface area (Å²) in [5.41, 5.74) is 12.1. The second-order valence-electron chi connectivity index (χ2n) is 13.1. The third-order valence-electron chi connectivity index (χ3n) is 9.48. The van der Waals surface area contributed by atoms with Crippen molar-refractivity contribution in [1.82, 2.24) is 8.75 Å². The Kier molecular flexibility index (Phi) is 13.7. The molecule has 0 N–H and O–H groups in total. The lowest BCUT2D eigenvalue weighted by Crippen LogP contribution is -1.89. The molecule has 0 spiro atoms. The molecule has 0 bridgehead atoms. The molecule has 0 aliphatic heterocycles. The first-order valence-electron chi connectivity index (χ1n) is 18.1. The molecule has 6 aromatic rings. The summed E-state index contributed by atoms with van der Waals surface area (Å²) in [5.74, 6) is 0. The van der Waals surface area contributed by atoms with Gasteiger partial charge in [0.15, 0.2) is 0 Å². The van der Waals surface area contributed by atoms with Crippen molar-refractivity contribution in [3.8, 4) is 43.1 Å². The van der Waals surface area contributed by atoms with Crippen molar-refractivity contribution >= 4 is 77.3 Å². The fraction of sp³-hybridized carbons (Fsp3) is 0.381. The van der Waals surface area contributed by atoms with E-state index in [2.05, 4.69) is 119 Å². The Labute approximate surface area is 322 Å². The zero-order valence-corrected chi connectivity index (χ0v) is 34.3. The molecular weight excluding hydrogens is 788 g/mol. The minimum Gasteiger partial charge on any atom is -0.172 e. The Bertz CT molecular complexity index is 1780. The van der Waals surface area contributed by atoms with E-state index in [4.69, 9.17) is 8.75 Å². The number of fused-ring (bicyclic) bond motifs is 1. The molecule has 0 atom stereocenters. The number of benzene rings is 3. The van der Waals surface area contributed by atoms with Gasteiger partial charge in [0.05, 0.1) is 19.3 Å². The molecule has 3 aromatic carbocycles. The maximum Gasteiger partial charge on any atom is 0.114 e. The van der Waals surface area contributed by atoms with Gasteiger partial charge in [-0.1, -0.05) is 139 Å². The number of aryl methyl sites for hydroxylation is 2. The molecule has 3 heterocycles. The summed E-state index contributed by atoms with van der Waals surface area (Å²) in [6.45, 7) is 4.56. The summed E-state index contributed by atoms with van der Waals surface area (Å²) in [5, 5.41) is 0. The smallest absolute Gasteiger partial charge is 0.114 e. The van der Waals surface area contributed by atoms with E-state index in [0.717, 1.165) is 42.6 Å². The second kappa shape index (κ2) is 18.4. The molecule has 0 aliphatic rings. The van der Waals surface area contributed by atoms with E-state index in [1.54, 1.807) is 22.7 Å². The molecule has 0 saturated carbocycles. The molecule has 7 heteroatoms. The lowest BCUT2D eigenvalue weighted by molar-refractivity contribution is 0.607. The molecule has 0 fully saturated rings. The normalized spacial score (nSPS) is 11.6. The average molecular weight is 835 g/mol. The third-order valence-corrected chi connectivity index (χ3v) is 13.3. The minimum absolute atomic E-state index is 0.975. The van der Waals surface area contributed by atoms with Crippen LogP contribution in [0.1, 0.15) is 102 Å². The Morgan fingerprint density at radius 1 is 0.469 bits per heavy atom. The maximum atomic E-state index is 4.89. The van der Waals surface area contributed by atoms with Crippen LogP contribution in [0.25, 0.3) is 54.2 Å². The van der Waals surface area contributed by atoms with Gasteiger partial charge < -0.3 is 0 Å². The summed E-state index contributed by atoms with van der Waals surface area (Å²) in [7, 11) is 0. The van der Waals surface area contributed by atoms with E-state index in [1.807, 2.05) is 0 Å². The maximum absolute atomic E-state index is 4.89. The summed E-state index contributed by atoms with van der Waals surface area (Å²) in [6.07, 6.45) is 18.3. The van der Waals surface area contributed by atoms with E-state index >= 15 is 0 Å². The first-order chi connectivity index (χ1) is 24.1. The molecule has 2 nitrogen and oxygen atoms in total. The highest BCUT2D eigenvalue weighted by Gasteiger charge is 2.21. The van der Waals surface area contributed by atoms with Gasteiger partial charge in [-0.2, -0.15) is 8.75 Å². The van der Waals surface area contributed by atoms with Crippen molar-refractivity contribution in [1.29, 1.82) is 0 Å². The van der Waals surface area contributed by atoms with Gasteiger partial charge in [0, 0.05) is 32.0 Å². The number of aromatic nitrogens is 2. The van der Waals surface area contributed by atoms with Crippen LogP contribution in [0.15, 0.2) is 80.4 Å². The molecule has 0 radical (unpaired) electrons. The van der Waals surface area contributed by atoms with Crippen LogP contribution in [-0.2, 0) is 12.8 Å². The molecule has 0 unspecified atom stereocenters. The van der Waals surface area contributed by atoms with Crippen molar-refractivity contribution in [2.45, 2.75) is 104 Å². The van der Waals surface area contributed by atoms with Crippen LogP contribution < -0.4 is 0 Å². The number of hydrogen-bond donors (Lipinski definition) is 0. The lowest BCUT2D eigenvalue weighted by atomic mass is 9.96. The van der Waals surface area contributed by atoms with Gasteiger partial charge in [-0.05, 0) is 91.9 Å². The highest BCUT2D eigenvalue weighted by molar-refractivity contribution is 9.11. The van der Waals surface area contributed by atoms with Gasteiger partial charge >= 0.3 is 0 Å². The van der Waals surface area contributed by atoms with Crippen molar-refractivity contribution in [3.63, 3.8) is 0 Å². The molecule has 49 heavy (non-hydrogen) atoms. The van der Waals surface area contributed by atoms with E-state index in [1.165, 1.54) is 132 Å². The standard InChI is InChI=1S/C42H46Br2N2S3/c1-3-5-7-9-11-13-15-29-17-21-31(22-18-29)35-27-37(43)47-41(35)33-25-26-34(40-39(33)45-49-46-40)42-36(28-38(44)48-42)32-23-19-30(20-24-32)16-14-12-10-8-6-4-2/h17-28H,3-16H2,1-2H3. The highest BCUT2D eigenvalue weighted by Crippen LogP contribution is 2.48. The number of unbranched alkanes of at least 4 members (excludes halogenated alkanes) is 10. The van der Waals surface area contributed by atoms with E-state index in [9.17, 15) is 0 Å². The summed E-state index contributed by atoms with van der Waals surface area (Å²) in [6, 6.07) is 27.5. The van der Waals surface area contributed by atoms with Crippen molar-refractivity contribution < 1.29 is 0 Å². The SMILES string of the molecule is CCCCCCCCc1ccc(-c2cc(Br)sc2-c2ccc(-c3sc(Br)cc3-c3ccc(CCCCCCCC)cc3)c3nsnc23)cc1. The second-order valence-corrected chi connectivity index (χ2v) is 18.5. The van der Waals surface area contributed by atoms with Crippen molar-refractivity contribution in [2.24, 2.45) is 0 Å². The van der Waals surface area contributed by atoms with Gasteiger partial charge in [-0.3, -0.25) is 0 Å². The Morgan fingerprint density at radius 2 is 0.857 bits per heavy atom. The monoisotopic (exact) mass is 832 g/mol. The predicted molar refractivity (Wildman–Crippen MR) is 224 cm³/mol. The number of nitrogens with zero attached hydrogens (tertiary/aromatic N) is 2. The van der Waals surface area contributed by atoms with E-state index in [0.29, 0.717) is 0 Å². The fourth-order valence-electron chi connectivity index (χ4n) is 6.70. The first-order valence-corrected chi connectivity index (χ1v) is 22.0. The van der Waals surface area contributed by atoms with E-state index in [-0.39, 0.29) is 0 Å². The van der Waals surface area contributed by atoms with Gasteiger partial charge in [-0.25, -0.2) is 0 Å². The third kappa shape index (κ3) is 9.39. The number of hydrogen-bond acceptors (Lipinski definition) is 5. The van der Waals surface area contributed by atoms with Crippen molar-refractivity contribution in [2.75, 3.05) is 0 Å². The summed E-state index contributed by atoms with van der Waals surface area (Å²) in [4.78, 5) is 2.46. The summed E-state index contributed by atoms with van der Waals surface area (Å²) >= 11 is 12.5. The molecule has 3 aromatic heterocycles. The summed E-state index contributed by atoms with van der Waals surface area (Å²) < 4.78 is 12.0. The number of thiophene rings is 2. The van der Waals surface area contributed by atoms with Gasteiger partial charge in [-0.15, -0.1) is 22.7 Å². The van der Waals surface area contributed by atoms with Gasteiger partial charge in [0.1, 0.15) is 11.0 Å². The van der Waals surface area contributed by atoms with Crippen LogP contribution >= 0.6 is 66.3 Å². The highest BCUT2D eigenvalue weighted by atomic mass is 79.9. The van der Waals surface area contributed by atoms with Crippen LogP contribution in [-0.4, -0.2) is 8.75 Å². The Hall–Kier alpha value is -2.16. The number of rotatable bonds is 18. The average Bonchev–Trinajstić information content (AvgIpc) is 3.87.